The van der Waals surface area contributed by atoms with Crippen LogP contribution in [0.3, 0.4) is 0 Å². The number of carbonyl (C=O) groups excluding carboxylic acids is 1. The van der Waals surface area contributed by atoms with Gasteiger partial charge in [0.2, 0.25) is 0 Å². The Morgan fingerprint density at radius 3 is 2.29 bits per heavy atom. The Morgan fingerprint density at radius 2 is 1.86 bits per heavy atom. The second-order valence-electron chi connectivity index (χ2n) is 6.59. The first kappa shape index (κ1) is 16.5. The van der Waals surface area contributed by atoms with Gasteiger partial charge in [0, 0.05) is 13.1 Å². The zero-order valence-corrected chi connectivity index (χ0v) is 12.8. The molecule has 2 fully saturated rings. The van der Waals surface area contributed by atoms with Gasteiger partial charge < -0.3 is 10.1 Å². The SMILES string of the molecule is CC(C)(C)OC(=O)C1C[C@]2(C(F)(F)F)CNC[C@@H]2S1(=O)=O. The van der Waals surface area contributed by atoms with E-state index in [9.17, 15) is 26.4 Å². The Bertz CT molecular complexity index is 552. The number of hydrogen-bond acceptors (Lipinski definition) is 5. The molecule has 0 aromatic rings. The van der Waals surface area contributed by atoms with E-state index in [0.717, 1.165) is 0 Å². The standard InChI is InChI=1S/C12H18F3NO4S/c1-10(2,3)20-9(17)7-4-11(12(13,14)15)6-16-5-8(11)21(7,18)19/h7-8,16H,4-6H2,1-3H3/t7?,8-,11-/m0/s1. The average molecular weight is 329 g/mol. The molecule has 2 aliphatic heterocycles. The highest BCUT2D eigenvalue weighted by Crippen LogP contribution is 2.55. The fraction of sp³-hybridized carbons (Fsp3) is 0.917. The maximum atomic E-state index is 13.4. The first-order valence-electron chi connectivity index (χ1n) is 6.54. The first-order valence-corrected chi connectivity index (χ1v) is 8.15. The normalized spacial score (nSPS) is 35.5. The van der Waals surface area contributed by atoms with Crippen molar-refractivity contribution in [1.82, 2.24) is 5.32 Å². The van der Waals surface area contributed by atoms with Gasteiger partial charge in [0.1, 0.15) is 5.60 Å². The lowest BCUT2D eigenvalue weighted by Crippen LogP contribution is -2.45. The van der Waals surface area contributed by atoms with E-state index in [4.69, 9.17) is 4.74 Å². The van der Waals surface area contributed by atoms with Crippen molar-refractivity contribution in [3.05, 3.63) is 0 Å². The molecule has 0 radical (unpaired) electrons. The third kappa shape index (κ3) is 2.54. The lowest BCUT2D eigenvalue weighted by atomic mass is 9.81. The van der Waals surface area contributed by atoms with Crippen LogP contribution in [0.5, 0.6) is 0 Å². The molecule has 2 rings (SSSR count). The number of sulfone groups is 1. The van der Waals surface area contributed by atoms with Crippen LogP contribution in [-0.4, -0.2) is 49.8 Å². The quantitative estimate of drug-likeness (QED) is 0.728. The van der Waals surface area contributed by atoms with Crippen LogP contribution < -0.4 is 5.32 Å². The second kappa shape index (κ2) is 4.58. The Hall–Kier alpha value is -0.830. The fourth-order valence-corrected chi connectivity index (χ4v) is 5.53. The predicted molar refractivity (Wildman–Crippen MR) is 68.3 cm³/mol. The molecular weight excluding hydrogens is 311 g/mol. The molecule has 0 bridgehead atoms. The van der Waals surface area contributed by atoms with Crippen LogP contribution in [-0.2, 0) is 19.4 Å². The molecule has 2 aliphatic rings. The smallest absolute Gasteiger partial charge is 0.397 e. The van der Waals surface area contributed by atoms with Gasteiger partial charge in [-0.25, -0.2) is 8.42 Å². The number of carbonyl (C=O) groups is 1. The number of alkyl halides is 3. The highest BCUT2D eigenvalue weighted by atomic mass is 32.2. The summed E-state index contributed by atoms with van der Waals surface area (Å²) >= 11 is 0. The van der Waals surface area contributed by atoms with Gasteiger partial charge in [-0.05, 0) is 27.2 Å². The van der Waals surface area contributed by atoms with E-state index in [-0.39, 0.29) is 6.54 Å². The van der Waals surface area contributed by atoms with Gasteiger partial charge in [-0.2, -0.15) is 13.2 Å². The molecule has 1 unspecified atom stereocenters. The van der Waals surface area contributed by atoms with Gasteiger partial charge in [-0.1, -0.05) is 0 Å². The largest absolute Gasteiger partial charge is 0.459 e. The minimum atomic E-state index is -4.69. The number of halogens is 3. The van der Waals surface area contributed by atoms with Crippen molar-refractivity contribution < 1.29 is 31.1 Å². The molecule has 0 amide bonds. The van der Waals surface area contributed by atoms with Gasteiger partial charge in [0.25, 0.3) is 0 Å². The van der Waals surface area contributed by atoms with Crippen molar-refractivity contribution in [1.29, 1.82) is 0 Å². The summed E-state index contributed by atoms with van der Waals surface area (Å²) < 4.78 is 69.7. The first-order chi connectivity index (χ1) is 9.31. The lowest BCUT2D eigenvalue weighted by molar-refractivity contribution is -0.215. The molecule has 5 nitrogen and oxygen atoms in total. The summed E-state index contributed by atoms with van der Waals surface area (Å²) in [4.78, 5) is 12.0. The number of nitrogens with one attached hydrogen (secondary N) is 1. The third-order valence-electron chi connectivity index (χ3n) is 3.96. The predicted octanol–water partition coefficient (Wildman–Crippen LogP) is 1.04. The number of fused-ring (bicyclic) bond motifs is 1. The molecule has 2 heterocycles. The van der Waals surface area contributed by atoms with Crippen LogP contribution in [0, 0.1) is 5.41 Å². The second-order valence-corrected chi connectivity index (χ2v) is 8.90. The topological polar surface area (TPSA) is 72.5 Å². The number of ether oxygens (including phenoxy) is 1. The average Bonchev–Trinajstić information content (AvgIpc) is 2.74. The maximum Gasteiger partial charge on any atom is 0.397 e. The minimum absolute atomic E-state index is 0.291. The van der Waals surface area contributed by atoms with E-state index in [1.807, 2.05) is 0 Å². The maximum absolute atomic E-state index is 13.4. The Labute approximate surface area is 121 Å². The molecule has 122 valence electrons. The number of rotatable bonds is 1. The molecule has 1 N–H and O–H groups in total. The van der Waals surface area contributed by atoms with Gasteiger partial charge >= 0.3 is 12.1 Å². The van der Waals surface area contributed by atoms with E-state index in [2.05, 4.69) is 5.32 Å². The van der Waals surface area contributed by atoms with Crippen LogP contribution >= 0.6 is 0 Å². The lowest BCUT2D eigenvalue weighted by Gasteiger charge is -2.29. The van der Waals surface area contributed by atoms with Crippen molar-refractivity contribution in [2.24, 2.45) is 5.41 Å². The fourth-order valence-electron chi connectivity index (χ4n) is 3.00. The van der Waals surface area contributed by atoms with Crippen LogP contribution in [0.4, 0.5) is 13.2 Å². The zero-order valence-electron chi connectivity index (χ0n) is 12.0. The summed E-state index contributed by atoms with van der Waals surface area (Å²) in [5, 5.41) is -0.884. The highest BCUT2D eigenvalue weighted by molar-refractivity contribution is 7.93. The molecule has 0 aromatic carbocycles. The van der Waals surface area contributed by atoms with Crippen molar-refractivity contribution >= 4 is 15.8 Å². The highest BCUT2D eigenvalue weighted by Gasteiger charge is 2.72. The van der Waals surface area contributed by atoms with E-state index in [1.54, 1.807) is 0 Å². The number of hydrogen-bond donors (Lipinski definition) is 1. The van der Waals surface area contributed by atoms with Crippen LogP contribution in [0.2, 0.25) is 0 Å². The van der Waals surface area contributed by atoms with E-state index in [1.165, 1.54) is 20.8 Å². The molecular formula is C12H18F3NO4S. The molecule has 3 atom stereocenters. The van der Waals surface area contributed by atoms with Gasteiger partial charge in [-0.3, -0.25) is 4.79 Å². The Balaban J connectivity index is 2.38. The molecule has 0 aromatic heterocycles. The van der Waals surface area contributed by atoms with Crippen molar-refractivity contribution in [2.75, 3.05) is 13.1 Å². The van der Waals surface area contributed by atoms with Crippen LogP contribution in [0.25, 0.3) is 0 Å². The number of esters is 1. The molecule has 9 heteroatoms. The Morgan fingerprint density at radius 1 is 1.29 bits per heavy atom. The minimum Gasteiger partial charge on any atom is -0.459 e. The van der Waals surface area contributed by atoms with E-state index < -0.39 is 56.5 Å². The van der Waals surface area contributed by atoms with Crippen molar-refractivity contribution in [2.45, 2.75) is 49.5 Å². The van der Waals surface area contributed by atoms with Gasteiger partial charge in [0.15, 0.2) is 15.1 Å². The zero-order chi connectivity index (χ0) is 16.3. The summed E-state index contributed by atoms with van der Waals surface area (Å²) in [5.41, 5.74) is -3.35. The van der Waals surface area contributed by atoms with Crippen molar-refractivity contribution in [3.8, 4) is 0 Å². The summed E-state index contributed by atoms with van der Waals surface area (Å²) in [5.74, 6) is -1.10. The third-order valence-corrected chi connectivity index (χ3v) is 6.53. The van der Waals surface area contributed by atoms with Crippen LogP contribution in [0.15, 0.2) is 0 Å². The summed E-state index contributed by atoms with van der Waals surface area (Å²) in [7, 11) is -4.23. The van der Waals surface area contributed by atoms with Gasteiger partial charge in [0.05, 0.1) is 10.7 Å². The van der Waals surface area contributed by atoms with Crippen molar-refractivity contribution in [3.63, 3.8) is 0 Å². The van der Waals surface area contributed by atoms with E-state index >= 15 is 0 Å². The summed E-state index contributed by atoms with van der Waals surface area (Å²) in [6, 6.07) is 0. The van der Waals surface area contributed by atoms with Gasteiger partial charge in [-0.15, -0.1) is 0 Å². The molecule has 21 heavy (non-hydrogen) atoms. The molecule has 0 aliphatic carbocycles. The molecule has 0 saturated carbocycles. The molecule has 2 saturated heterocycles. The van der Waals surface area contributed by atoms with Crippen LogP contribution in [0.1, 0.15) is 27.2 Å². The Kier molecular flexibility index (Phi) is 3.61. The molecule has 0 spiro atoms. The summed E-state index contributed by atoms with van der Waals surface area (Å²) in [6.45, 7) is 3.83. The monoisotopic (exact) mass is 329 g/mol. The summed E-state index contributed by atoms with van der Waals surface area (Å²) in [6.07, 6.45) is -5.46. The van der Waals surface area contributed by atoms with E-state index in [0.29, 0.717) is 0 Å².